The highest BCUT2D eigenvalue weighted by atomic mass is 35.5. The molecule has 0 fully saturated rings. The topological polar surface area (TPSA) is 35.5 Å². The standard InChI is InChI=1S/C17H15ClO3/c1-2-20-15-6-4-3-5-13(15)16(19)14-10-12(18)9-11-7-8-21-17(11)14/h3-6,9-10H,2,7-8H2,1H3. The summed E-state index contributed by atoms with van der Waals surface area (Å²) in [6.07, 6.45) is 0.781. The molecule has 108 valence electrons. The minimum Gasteiger partial charge on any atom is -0.493 e. The van der Waals surface area contributed by atoms with Crippen LogP contribution >= 0.6 is 11.6 Å². The number of ketones is 1. The number of halogens is 1. The summed E-state index contributed by atoms with van der Waals surface area (Å²) in [6, 6.07) is 10.7. The summed E-state index contributed by atoms with van der Waals surface area (Å²) in [5.41, 5.74) is 2.02. The SMILES string of the molecule is CCOc1ccccc1C(=O)c1cc(Cl)cc2c1OCC2. The molecule has 2 aromatic rings. The summed E-state index contributed by atoms with van der Waals surface area (Å²) in [4.78, 5) is 12.8. The summed E-state index contributed by atoms with van der Waals surface area (Å²) >= 11 is 6.12. The molecule has 0 N–H and O–H groups in total. The third-order valence-corrected chi connectivity index (χ3v) is 3.64. The molecule has 3 rings (SSSR count). The lowest BCUT2D eigenvalue weighted by atomic mass is 9.99. The molecule has 1 aliphatic heterocycles. The van der Waals surface area contributed by atoms with Crippen molar-refractivity contribution in [3.8, 4) is 11.5 Å². The monoisotopic (exact) mass is 302 g/mol. The molecule has 0 amide bonds. The maximum Gasteiger partial charge on any atom is 0.200 e. The Labute approximate surface area is 128 Å². The molecule has 3 nitrogen and oxygen atoms in total. The first-order valence-corrected chi connectivity index (χ1v) is 7.30. The average molecular weight is 303 g/mol. The van der Waals surface area contributed by atoms with Gasteiger partial charge in [0.05, 0.1) is 24.3 Å². The van der Waals surface area contributed by atoms with Gasteiger partial charge in [-0.2, -0.15) is 0 Å². The first-order valence-electron chi connectivity index (χ1n) is 6.92. The number of fused-ring (bicyclic) bond motifs is 1. The highest BCUT2D eigenvalue weighted by Gasteiger charge is 2.24. The maximum atomic E-state index is 12.8. The van der Waals surface area contributed by atoms with Crippen molar-refractivity contribution < 1.29 is 14.3 Å². The van der Waals surface area contributed by atoms with E-state index in [4.69, 9.17) is 21.1 Å². The van der Waals surface area contributed by atoms with Crippen molar-refractivity contribution in [1.82, 2.24) is 0 Å². The molecule has 21 heavy (non-hydrogen) atoms. The molecule has 0 radical (unpaired) electrons. The van der Waals surface area contributed by atoms with Crippen molar-refractivity contribution in [3.63, 3.8) is 0 Å². The quantitative estimate of drug-likeness (QED) is 0.803. The van der Waals surface area contributed by atoms with Crippen LogP contribution in [0.4, 0.5) is 0 Å². The van der Waals surface area contributed by atoms with Crippen LogP contribution in [0.2, 0.25) is 5.02 Å². The largest absolute Gasteiger partial charge is 0.493 e. The van der Waals surface area contributed by atoms with Gasteiger partial charge in [0.2, 0.25) is 5.78 Å². The van der Waals surface area contributed by atoms with E-state index in [-0.39, 0.29) is 5.78 Å². The van der Waals surface area contributed by atoms with Crippen LogP contribution in [0.25, 0.3) is 0 Å². The van der Waals surface area contributed by atoms with Gasteiger partial charge in [-0.3, -0.25) is 4.79 Å². The molecule has 4 heteroatoms. The predicted molar refractivity (Wildman–Crippen MR) is 81.7 cm³/mol. The van der Waals surface area contributed by atoms with E-state index < -0.39 is 0 Å². The summed E-state index contributed by atoms with van der Waals surface area (Å²) in [5, 5.41) is 0.552. The zero-order valence-corrected chi connectivity index (χ0v) is 12.4. The van der Waals surface area contributed by atoms with Gasteiger partial charge in [-0.15, -0.1) is 0 Å². The second kappa shape index (κ2) is 5.78. The van der Waals surface area contributed by atoms with Crippen molar-refractivity contribution in [2.45, 2.75) is 13.3 Å². The Morgan fingerprint density at radius 2 is 2.10 bits per heavy atom. The van der Waals surface area contributed by atoms with Gasteiger partial charge in [0, 0.05) is 11.4 Å². The Morgan fingerprint density at radius 3 is 2.90 bits per heavy atom. The van der Waals surface area contributed by atoms with Crippen LogP contribution in [0, 0.1) is 0 Å². The Kier molecular flexibility index (Phi) is 3.84. The Morgan fingerprint density at radius 1 is 1.29 bits per heavy atom. The van der Waals surface area contributed by atoms with Crippen LogP contribution in [0.15, 0.2) is 36.4 Å². The van der Waals surface area contributed by atoms with Gasteiger partial charge in [-0.05, 0) is 36.8 Å². The van der Waals surface area contributed by atoms with Gasteiger partial charge >= 0.3 is 0 Å². The van der Waals surface area contributed by atoms with Gasteiger partial charge < -0.3 is 9.47 Å². The molecular weight excluding hydrogens is 288 g/mol. The minimum atomic E-state index is -0.125. The van der Waals surface area contributed by atoms with E-state index in [0.717, 1.165) is 12.0 Å². The van der Waals surface area contributed by atoms with Gasteiger partial charge in [0.15, 0.2) is 0 Å². The van der Waals surface area contributed by atoms with E-state index in [2.05, 4.69) is 0 Å². The first-order chi connectivity index (χ1) is 10.2. The lowest BCUT2D eigenvalue weighted by Crippen LogP contribution is -2.07. The van der Waals surface area contributed by atoms with E-state index >= 15 is 0 Å². The lowest BCUT2D eigenvalue weighted by Gasteiger charge is -2.11. The van der Waals surface area contributed by atoms with Crippen molar-refractivity contribution in [3.05, 3.63) is 58.1 Å². The smallest absolute Gasteiger partial charge is 0.200 e. The number of para-hydroxylation sites is 1. The Bertz CT molecular complexity index is 694. The van der Waals surface area contributed by atoms with E-state index in [0.29, 0.717) is 40.9 Å². The van der Waals surface area contributed by atoms with Crippen LogP contribution in [-0.4, -0.2) is 19.0 Å². The summed E-state index contributed by atoms with van der Waals surface area (Å²) in [7, 11) is 0. The number of benzene rings is 2. The van der Waals surface area contributed by atoms with Gasteiger partial charge in [0.25, 0.3) is 0 Å². The van der Waals surface area contributed by atoms with Crippen LogP contribution in [-0.2, 0) is 6.42 Å². The van der Waals surface area contributed by atoms with E-state index in [9.17, 15) is 4.79 Å². The summed E-state index contributed by atoms with van der Waals surface area (Å²) in [5.74, 6) is 1.10. The molecule has 1 heterocycles. The van der Waals surface area contributed by atoms with E-state index in [1.165, 1.54) is 0 Å². The van der Waals surface area contributed by atoms with Crippen LogP contribution in [0.3, 0.4) is 0 Å². The number of ether oxygens (including phenoxy) is 2. The normalized spacial score (nSPS) is 12.7. The molecule has 0 spiro atoms. The molecule has 0 aromatic heterocycles. The Balaban J connectivity index is 2.08. The number of carbonyl (C=O) groups is 1. The summed E-state index contributed by atoms with van der Waals surface area (Å²) in [6.45, 7) is 2.99. The van der Waals surface area contributed by atoms with Crippen molar-refractivity contribution >= 4 is 17.4 Å². The van der Waals surface area contributed by atoms with Crippen LogP contribution < -0.4 is 9.47 Å². The lowest BCUT2D eigenvalue weighted by molar-refractivity contribution is 0.103. The van der Waals surface area contributed by atoms with E-state index in [1.54, 1.807) is 18.2 Å². The van der Waals surface area contributed by atoms with Crippen molar-refractivity contribution in [2.75, 3.05) is 13.2 Å². The second-order valence-corrected chi connectivity index (χ2v) is 5.23. The minimum absolute atomic E-state index is 0.125. The molecule has 0 unspecified atom stereocenters. The fourth-order valence-corrected chi connectivity index (χ4v) is 2.76. The fraction of sp³-hybridized carbons (Fsp3) is 0.235. The Hall–Kier alpha value is -2.00. The third-order valence-electron chi connectivity index (χ3n) is 3.42. The maximum absolute atomic E-state index is 12.8. The molecular formula is C17H15ClO3. The highest BCUT2D eigenvalue weighted by Crippen LogP contribution is 2.35. The third kappa shape index (κ3) is 2.61. The molecule has 0 saturated carbocycles. The molecule has 0 atom stereocenters. The van der Waals surface area contributed by atoms with E-state index in [1.807, 2.05) is 25.1 Å². The van der Waals surface area contributed by atoms with Gasteiger partial charge in [0.1, 0.15) is 11.5 Å². The van der Waals surface area contributed by atoms with Gasteiger partial charge in [-0.25, -0.2) is 0 Å². The number of hydrogen-bond donors (Lipinski definition) is 0. The van der Waals surface area contributed by atoms with Gasteiger partial charge in [-0.1, -0.05) is 23.7 Å². The van der Waals surface area contributed by atoms with Crippen molar-refractivity contribution in [2.24, 2.45) is 0 Å². The molecule has 0 bridgehead atoms. The zero-order chi connectivity index (χ0) is 14.8. The molecule has 0 aliphatic carbocycles. The molecule has 2 aromatic carbocycles. The average Bonchev–Trinajstić information content (AvgIpc) is 2.94. The fourth-order valence-electron chi connectivity index (χ4n) is 2.52. The predicted octanol–water partition coefficient (Wildman–Crippen LogP) is 3.90. The van der Waals surface area contributed by atoms with Crippen molar-refractivity contribution in [1.29, 1.82) is 0 Å². The zero-order valence-electron chi connectivity index (χ0n) is 11.7. The molecule has 0 saturated heterocycles. The molecule has 1 aliphatic rings. The number of carbonyl (C=O) groups excluding carboxylic acids is 1. The second-order valence-electron chi connectivity index (χ2n) is 4.80. The first kappa shape index (κ1) is 14.0. The van der Waals surface area contributed by atoms with Crippen LogP contribution in [0.1, 0.15) is 28.4 Å². The number of hydrogen-bond acceptors (Lipinski definition) is 3. The summed E-state index contributed by atoms with van der Waals surface area (Å²) < 4.78 is 11.1. The highest BCUT2D eigenvalue weighted by molar-refractivity contribution is 6.31. The number of rotatable bonds is 4. The van der Waals surface area contributed by atoms with Crippen LogP contribution in [0.5, 0.6) is 11.5 Å².